The van der Waals surface area contributed by atoms with Crippen molar-refractivity contribution in [3.8, 4) is 5.75 Å². The first-order valence-corrected chi connectivity index (χ1v) is 7.65. The molecule has 2 rings (SSSR count). The van der Waals surface area contributed by atoms with Crippen LogP contribution < -0.4 is 0 Å². The highest BCUT2D eigenvalue weighted by molar-refractivity contribution is 5.85. The summed E-state index contributed by atoms with van der Waals surface area (Å²) in [5.74, 6) is 0.483. The number of aromatic hydroxyl groups is 1. The van der Waals surface area contributed by atoms with E-state index < -0.39 is 0 Å². The number of nitrogens with zero attached hydrogens (tertiary/aromatic N) is 1. The van der Waals surface area contributed by atoms with Crippen LogP contribution in [0.25, 0.3) is 0 Å². The molecule has 1 aliphatic carbocycles. The van der Waals surface area contributed by atoms with Gasteiger partial charge in [-0.1, -0.05) is 26.0 Å². The quantitative estimate of drug-likeness (QED) is 0.881. The van der Waals surface area contributed by atoms with Crippen LogP contribution in [0.3, 0.4) is 0 Å². The van der Waals surface area contributed by atoms with E-state index in [4.69, 9.17) is 0 Å². The van der Waals surface area contributed by atoms with Crippen molar-refractivity contribution in [1.82, 2.24) is 4.90 Å². The second kappa shape index (κ2) is 7.33. The molecular weight excluding hydrogens is 270 g/mol. The molecule has 0 bridgehead atoms. The largest absolute Gasteiger partial charge is 0.508 e. The fraction of sp³-hybridized carbons (Fsp3) is 0.647. The van der Waals surface area contributed by atoms with Crippen LogP contribution in [-0.2, 0) is 12.8 Å². The summed E-state index contributed by atoms with van der Waals surface area (Å²) in [7, 11) is 0. The number of aryl methyl sites for hydroxylation is 1. The Balaban J connectivity index is 0.00000200. The van der Waals surface area contributed by atoms with E-state index >= 15 is 0 Å². The molecule has 1 atom stereocenters. The molecule has 0 fully saturated rings. The lowest BCUT2D eigenvalue weighted by Crippen LogP contribution is -2.50. The van der Waals surface area contributed by atoms with E-state index in [1.165, 1.54) is 30.4 Å². The summed E-state index contributed by atoms with van der Waals surface area (Å²) in [6.45, 7) is 9.19. The highest BCUT2D eigenvalue weighted by Gasteiger charge is 2.35. The van der Waals surface area contributed by atoms with Crippen LogP contribution in [-0.4, -0.2) is 28.6 Å². The van der Waals surface area contributed by atoms with Gasteiger partial charge in [0.1, 0.15) is 5.75 Å². The molecule has 0 spiro atoms. The fourth-order valence-corrected chi connectivity index (χ4v) is 3.39. The zero-order chi connectivity index (χ0) is 13.9. The summed E-state index contributed by atoms with van der Waals surface area (Å²) < 4.78 is 0. The van der Waals surface area contributed by atoms with Gasteiger partial charge < -0.3 is 5.11 Å². The molecule has 3 heteroatoms. The van der Waals surface area contributed by atoms with Crippen molar-refractivity contribution >= 4 is 12.4 Å². The summed E-state index contributed by atoms with van der Waals surface area (Å²) in [5.41, 5.74) is 2.72. The Morgan fingerprint density at radius 1 is 1.20 bits per heavy atom. The van der Waals surface area contributed by atoms with Crippen molar-refractivity contribution in [2.45, 2.75) is 58.4 Å². The topological polar surface area (TPSA) is 23.5 Å². The zero-order valence-electron chi connectivity index (χ0n) is 13.0. The van der Waals surface area contributed by atoms with Gasteiger partial charge in [0.25, 0.3) is 0 Å². The molecule has 0 saturated carbocycles. The Morgan fingerprint density at radius 2 is 1.85 bits per heavy atom. The van der Waals surface area contributed by atoms with Gasteiger partial charge in [-0.3, -0.25) is 4.90 Å². The van der Waals surface area contributed by atoms with Crippen molar-refractivity contribution < 1.29 is 5.11 Å². The highest BCUT2D eigenvalue weighted by atomic mass is 35.5. The van der Waals surface area contributed by atoms with Gasteiger partial charge in [0.05, 0.1) is 0 Å². The maximum absolute atomic E-state index is 10.1. The van der Waals surface area contributed by atoms with Crippen LogP contribution in [0.2, 0.25) is 0 Å². The Labute approximate surface area is 129 Å². The minimum absolute atomic E-state index is 0. The monoisotopic (exact) mass is 297 g/mol. The maximum Gasteiger partial charge on any atom is 0.119 e. The third-order valence-corrected chi connectivity index (χ3v) is 4.49. The summed E-state index contributed by atoms with van der Waals surface area (Å²) in [5, 5.41) is 10.1. The normalized spacial score (nSPS) is 21.4. The Hall–Kier alpha value is -0.730. The smallest absolute Gasteiger partial charge is 0.119 e. The summed E-state index contributed by atoms with van der Waals surface area (Å²) >= 11 is 0. The number of phenolic OH excluding ortho intramolecular Hbond substituents is 1. The summed E-state index contributed by atoms with van der Waals surface area (Å²) in [6, 6.07) is 5.96. The lowest BCUT2D eigenvalue weighted by molar-refractivity contribution is 0.0876. The number of phenols is 1. The van der Waals surface area contributed by atoms with Gasteiger partial charge in [-0.05, 0) is 69.3 Å². The van der Waals surface area contributed by atoms with E-state index in [0.717, 1.165) is 25.9 Å². The number of rotatable bonds is 5. The second-order valence-electron chi connectivity index (χ2n) is 6.08. The molecule has 1 aromatic rings. The van der Waals surface area contributed by atoms with Gasteiger partial charge in [-0.25, -0.2) is 0 Å². The predicted octanol–water partition coefficient (Wildman–Crippen LogP) is 4.18. The lowest BCUT2D eigenvalue weighted by Gasteiger charge is -2.44. The van der Waals surface area contributed by atoms with Gasteiger partial charge in [-0.2, -0.15) is 0 Å². The molecule has 0 amide bonds. The predicted molar refractivity (Wildman–Crippen MR) is 87.9 cm³/mol. The molecule has 1 aliphatic rings. The molecule has 0 aliphatic heterocycles. The van der Waals surface area contributed by atoms with Gasteiger partial charge in [0.15, 0.2) is 0 Å². The van der Waals surface area contributed by atoms with Crippen molar-refractivity contribution in [1.29, 1.82) is 0 Å². The molecule has 0 aromatic heterocycles. The Morgan fingerprint density at radius 3 is 2.45 bits per heavy atom. The molecule has 0 saturated heterocycles. The van der Waals surface area contributed by atoms with Crippen LogP contribution >= 0.6 is 12.4 Å². The van der Waals surface area contributed by atoms with Gasteiger partial charge >= 0.3 is 0 Å². The number of halogens is 1. The average molecular weight is 298 g/mol. The Kier molecular flexibility index (Phi) is 6.35. The summed E-state index contributed by atoms with van der Waals surface area (Å²) in [6.07, 6.45) is 5.66. The van der Waals surface area contributed by atoms with Crippen LogP contribution in [0.4, 0.5) is 0 Å². The van der Waals surface area contributed by atoms with Crippen LogP contribution in [0, 0.1) is 0 Å². The van der Waals surface area contributed by atoms with E-state index in [2.05, 4.69) is 31.7 Å². The molecule has 1 unspecified atom stereocenters. The third kappa shape index (κ3) is 3.48. The first-order valence-electron chi connectivity index (χ1n) is 7.65. The first-order chi connectivity index (χ1) is 9.10. The Bertz CT molecular complexity index is 429. The van der Waals surface area contributed by atoms with Crippen LogP contribution in [0.1, 0.15) is 51.2 Å². The minimum Gasteiger partial charge on any atom is -0.508 e. The summed E-state index contributed by atoms with van der Waals surface area (Å²) in [4.78, 5) is 2.63. The lowest BCUT2D eigenvalue weighted by atomic mass is 9.77. The maximum atomic E-state index is 10.1. The number of benzene rings is 1. The minimum atomic E-state index is 0. The molecule has 20 heavy (non-hydrogen) atoms. The number of hydrogen-bond donors (Lipinski definition) is 1. The van der Waals surface area contributed by atoms with Crippen molar-refractivity contribution in [2.75, 3.05) is 13.1 Å². The molecule has 1 aromatic carbocycles. The van der Waals surface area contributed by atoms with Gasteiger partial charge in [-0.15, -0.1) is 12.4 Å². The van der Waals surface area contributed by atoms with E-state index in [9.17, 15) is 5.11 Å². The molecule has 1 N–H and O–H groups in total. The third-order valence-electron chi connectivity index (χ3n) is 4.49. The number of hydrogen-bond acceptors (Lipinski definition) is 2. The van der Waals surface area contributed by atoms with Crippen LogP contribution in [0.5, 0.6) is 5.75 Å². The SMILES string of the molecule is CCCN(CCC)C1(C)CCc2cccc(O)c2C1.Cl. The first kappa shape index (κ1) is 17.3. The van der Waals surface area contributed by atoms with E-state index in [1.807, 2.05) is 12.1 Å². The highest BCUT2D eigenvalue weighted by Crippen LogP contribution is 2.37. The molecule has 2 nitrogen and oxygen atoms in total. The fourth-order valence-electron chi connectivity index (χ4n) is 3.39. The van der Waals surface area contributed by atoms with Crippen molar-refractivity contribution in [2.24, 2.45) is 0 Å². The van der Waals surface area contributed by atoms with Crippen LogP contribution in [0.15, 0.2) is 18.2 Å². The van der Waals surface area contributed by atoms with E-state index in [-0.39, 0.29) is 17.9 Å². The molecule has 0 radical (unpaired) electrons. The van der Waals surface area contributed by atoms with E-state index in [0.29, 0.717) is 5.75 Å². The van der Waals surface area contributed by atoms with Gasteiger partial charge in [0, 0.05) is 5.54 Å². The zero-order valence-corrected chi connectivity index (χ0v) is 13.8. The molecule has 114 valence electrons. The average Bonchev–Trinajstić information content (AvgIpc) is 2.40. The molecule has 0 heterocycles. The molecular formula is C17H28ClNO. The number of fused-ring (bicyclic) bond motifs is 1. The van der Waals surface area contributed by atoms with E-state index in [1.54, 1.807) is 0 Å². The van der Waals surface area contributed by atoms with Gasteiger partial charge in [0.2, 0.25) is 0 Å². The second-order valence-corrected chi connectivity index (χ2v) is 6.08. The van der Waals surface area contributed by atoms with Crippen molar-refractivity contribution in [3.63, 3.8) is 0 Å². The standard InChI is InChI=1S/C17H27NO.ClH/c1-4-11-18(12-5-2)17(3)10-9-14-7-6-8-16(19)15(14)13-17;/h6-8,19H,4-5,9-13H2,1-3H3;1H. The van der Waals surface area contributed by atoms with Crippen molar-refractivity contribution in [3.05, 3.63) is 29.3 Å².